The van der Waals surface area contributed by atoms with Crippen molar-refractivity contribution in [3.63, 3.8) is 0 Å². The zero-order chi connectivity index (χ0) is 25.5. The quantitative estimate of drug-likeness (QED) is 0.229. The van der Waals surface area contributed by atoms with E-state index in [0.717, 1.165) is 42.8 Å². The van der Waals surface area contributed by atoms with Crippen molar-refractivity contribution >= 4 is 76.1 Å². The Balaban J connectivity index is 1.40. The molecule has 0 radical (unpaired) electrons. The fourth-order valence-electron chi connectivity index (χ4n) is 6.09. The molecule has 0 spiro atoms. The van der Waals surface area contributed by atoms with E-state index in [2.05, 4.69) is 108 Å². The lowest BCUT2D eigenvalue weighted by Gasteiger charge is -2.04. The second kappa shape index (κ2) is 7.79. The Kier molecular flexibility index (Phi) is 4.21. The van der Waals surface area contributed by atoms with Gasteiger partial charge in [-0.15, -0.1) is 0 Å². The van der Waals surface area contributed by atoms with Crippen LogP contribution in [-0.2, 0) is 0 Å². The highest BCUT2D eigenvalue weighted by atomic mass is 32.1. The number of benzene rings is 6. The number of nitrogens with zero attached hydrogens (tertiary/aromatic N) is 2. The third-order valence-electron chi connectivity index (χ3n) is 7.84. The summed E-state index contributed by atoms with van der Waals surface area (Å²) in [7, 11) is 0. The van der Waals surface area contributed by atoms with Crippen molar-refractivity contribution in [2.24, 2.45) is 0 Å². The van der Waals surface area contributed by atoms with Gasteiger partial charge in [0.2, 0.25) is 0 Å². The van der Waals surface area contributed by atoms with Gasteiger partial charge in [-0.25, -0.2) is 4.98 Å². The fraction of sp³-hybridized carbons (Fsp3) is 0. The van der Waals surface area contributed by atoms with Crippen molar-refractivity contribution in [1.82, 2.24) is 9.55 Å². The summed E-state index contributed by atoms with van der Waals surface area (Å²) in [4.78, 5) is 5.19. The first-order chi connectivity index (χ1) is 19.3. The zero-order valence-electron chi connectivity index (χ0n) is 20.8. The number of fused-ring (bicyclic) bond motifs is 10. The van der Waals surface area contributed by atoms with Gasteiger partial charge in [0, 0.05) is 21.5 Å². The molecule has 3 heterocycles. The Morgan fingerprint density at radius 1 is 0.564 bits per heavy atom. The molecule has 0 saturated carbocycles. The highest BCUT2D eigenvalue weighted by molar-refractivity contribution is 7.22. The number of rotatable bonds is 2. The van der Waals surface area contributed by atoms with E-state index in [0.29, 0.717) is 0 Å². The van der Waals surface area contributed by atoms with Crippen molar-refractivity contribution < 1.29 is 4.42 Å². The van der Waals surface area contributed by atoms with E-state index in [-0.39, 0.29) is 0 Å². The second-order valence-corrected chi connectivity index (χ2v) is 11.0. The first kappa shape index (κ1) is 21.1. The lowest BCUT2D eigenvalue weighted by atomic mass is 10.0. The molecule has 0 fully saturated rings. The molecule has 0 saturated heterocycles. The Morgan fingerprint density at radius 3 is 2.28 bits per heavy atom. The summed E-state index contributed by atoms with van der Waals surface area (Å²) in [5.74, 6) is 0. The van der Waals surface area contributed by atoms with Gasteiger partial charge in [0.25, 0.3) is 0 Å². The summed E-state index contributed by atoms with van der Waals surface area (Å²) in [5, 5.41) is 8.24. The molecule has 9 aromatic rings. The molecule has 0 bridgehead atoms. The summed E-state index contributed by atoms with van der Waals surface area (Å²) in [6.45, 7) is 0. The van der Waals surface area contributed by atoms with Crippen LogP contribution in [0.5, 0.6) is 0 Å². The Morgan fingerprint density at radius 2 is 1.36 bits per heavy atom. The molecule has 4 heteroatoms. The van der Waals surface area contributed by atoms with Gasteiger partial charge in [-0.1, -0.05) is 96.3 Å². The molecule has 3 aromatic heterocycles. The maximum atomic E-state index is 6.18. The second-order valence-electron chi connectivity index (χ2n) is 10.00. The van der Waals surface area contributed by atoms with Crippen LogP contribution >= 0.6 is 11.3 Å². The smallest absolute Gasteiger partial charge is 0.195 e. The summed E-state index contributed by atoms with van der Waals surface area (Å²) in [6, 6.07) is 42.9. The number of furan rings is 1. The van der Waals surface area contributed by atoms with E-state index in [1.165, 1.54) is 38.2 Å². The number of para-hydroxylation sites is 1. The molecule has 0 aliphatic carbocycles. The van der Waals surface area contributed by atoms with Gasteiger partial charge in [-0.3, -0.25) is 4.57 Å². The topological polar surface area (TPSA) is 31.0 Å². The maximum absolute atomic E-state index is 6.18. The van der Waals surface area contributed by atoms with Gasteiger partial charge < -0.3 is 4.42 Å². The normalized spacial score (nSPS) is 12.1. The Bertz CT molecular complexity index is 2390. The summed E-state index contributed by atoms with van der Waals surface area (Å²) in [5.41, 5.74) is 7.56. The molecule has 6 aromatic carbocycles. The van der Waals surface area contributed by atoms with Crippen LogP contribution in [-0.4, -0.2) is 9.55 Å². The minimum absolute atomic E-state index is 0.902. The van der Waals surface area contributed by atoms with E-state index in [4.69, 9.17) is 9.40 Å². The summed E-state index contributed by atoms with van der Waals surface area (Å²) < 4.78 is 9.67. The van der Waals surface area contributed by atoms with Crippen LogP contribution in [0.1, 0.15) is 0 Å². The van der Waals surface area contributed by atoms with Gasteiger partial charge >= 0.3 is 0 Å². The number of aromatic nitrogens is 2. The van der Waals surface area contributed by atoms with E-state index in [1.54, 1.807) is 11.3 Å². The predicted octanol–water partition coefficient (Wildman–Crippen LogP) is 10.1. The summed E-state index contributed by atoms with van der Waals surface area (Å²) in [6.07, 6.45) is 0. The molecular formula is C35H20N2OS. The van der Waals surface area contributed by atoms with Crippen LogP contribution in [0.3, 0.4) is 0 Å². The van der Waals surface area contributed by atoms with Crippen molar-refractivity contribution in [3.8, 4) is 16.3 Å². The van der Waals surface area contributed by atoms with Crippen LogP contribution in [0.2, 0.25) is 0 Å². The standard InChI is InChI=1S/C35H20N2OS/c1-2-8-21(9-3-1)23-15-17-28-26(20-23)32-24-11-5-4-10-22(24)14-18-29(32)37(28)35-36-27-16-19-31-33(34(27)39-35)25-12-6-7-13-30(25)38-31/h1-20H. The number of thiazole rings is 1. The Labute approximate surface area is 227 Å². The van der Waals surface area contributed by atoms with Gasteiger partial charge in [0.1, 0.15) is 11.2 Å². The van der Waals surface area contributed by atoms with Crippen molar-refractivity contribution in [2.45, 2.75) is 0 Å². The Hall–Kier alpha value is -4.93. The molecule has 182 valence electrons. The molecule has 0 aliphatic heterocycles. The van der Waals surface area contributed by atoms with Gasteiger partial charge in [0.15, 0.2) is 5.13 Å². The van der Waals surface area contributed by atoms with Crippen LogP contribution in [0.15, 0.2) is 126 Å². The van der Waals surface area contributed by atoms with Crippen molar-refractivity contribution in [2.75, 3.05) is 0 Å². The van der Waals surface area contributed by atoms with Gasteiger partial charge in [-0.2, -0.15) is 0 Å². The lowest BCUT2D eigenvalue weighted by Crippen LogP contribution is -1.92. The van der Waals surface area contributed by atoms with Crippen molar-refractivity contribution in [3.05, 3.63) is 121 Å². The molecule has 39 heavy (non-hydrogen) atoms. The predicted molar refractivity (Wildman–Crippen MR) is 164 cm³/mol. The molecule has 3 nitrogen and oxygen atoms in total. The largest absolute Gasteiger partial charge is 0.456 e. The van der Waals surface area contributed by atoms with Crippen molar-refractivity contribution in [1.29, 1.82) is 0 Å². The third-order valence-corrected chi connectivity index (χ3v) is 8.91. The average Bonchev–Trinajstić information content (AvgIpc) is 3.68. The number of hydrogen-bond acceptors (Lipinski definition) is 3. The first-order valence-corrected chi connectivity index (χ1v) is 13.9. The minimum Gasteiger partial charge on any atom is -0.456 e. The van der Waals surface area contributed by atoms with E-state index in [9.17, 15) is 0 Å². The highest BCUT2D eigenvalue weighted by Gasteiger charge is 2.20. The van der Waals surface area contributed by atoms with Gasteiger partial charge in [0.05, 0.1) is 21.3 Å². The van der Waals surface area contributed by atoms with Crippen LogP contribution in [0.4, 0.5) is 0 Å². The van der Waals surface area contributed by atoms with E-state index >= 15 is 0 Å². The average molecular weight is 517 g/mol. The van der Waals surface area contributed by atoms with Crippen LogP contribution in [0, 0.1) is 0 Å². The molecule has 0 aliphatic rings. The van der Waals surface area contributed by atoms with Crippen LogP contribution < -0.4 is 0 Å². The third kappa shape index (κ3) is 2.95. The monoisotopic (exact) mass is 516 g/mol. The molecule has 0 N–H and O–H groups in total. The highest BCUT2D eigenvalue weighted by Crippen LogP contribution is 2.42. The fourth-order valence-corrected chi connectivity index (χ4v) is 7.23. The molecule has 0 atom stereocenters. The zero-order valence-corrected chi connectivity index (χ0v) is 21.6. The summed E-state index contributed by atoms with van der Waals surface area (Å²) >= 11 is 1.73. The van der Waals surface area contributed by atoms with Gasteiger partial charge in [-0.05, 0) is 58.3 Å². The molecular weight excluding hydrogens is 496 g/mol. The minimum atomic E-state index is 0.902. The molecule has 0 amide bonds. The van der Waals surface area contributed by atoms with Crippen LogP contribution in [0.25, 0.3) is 81.0 Å². The van der Waals surface area contributed by atoms with E-state index < -0.39 is 0 Å². The lowest BCUT2D eigenvalue weighted by molar-refractivity contribution is 0.669. The first-order valence-electron chi connectivity index (χ1n) is 13.1. The number of hydrogen-bond donors (Lipinski definition) is 0. The van der Waals surface area contributed by atoms with E-state index in [1.807, 2.05) is 18.2 Å². The molecule has 9 rings (SSSR count). The molecule has 0 unspecified atom stereocenters. The maximum Gasteiger partial charge on any atom is 0.195 e. The SMILES string of the molecule is c1ccc(-c2ccc3c(c2)c2c4ccccc4ccc2n3-c2nc3ccc4oc5ccccc5c4c3s2)cc1.